The number of carbonyl (C=O) groups excluding carboxylic acids is 1. The van der Waals surface area contributed by atoms with Crippen LogP contribution in [0, 0.1) is 0 Å². The summed E-state index contributed by atoms with van der Waals surface area (Å²) >= 11 is 9.42. The van der Waals surface area contributed by atoms with Gasteiger partial charge in [-0.25, -0.2) is 9.59 Å². The largest absolute Gasteiger partial charge is 0.477 e. The first-order chi connectivity index (χ1) is 13.8. The van der Waals surface area contributed by atoms with E-state index < -0.39 is 23.3 Å². The smallest absolute Gasteiger partial charge is 0.349 e. The minimum absolute atomic E-state index is 0.251. The summed E-state index contributed by atoms with van der Waals surface area (Å²) < 4.78 is 11.5. The zero-order valence-corrected chi connectivity index (χ0v) is 17.7. The second-order valence-corrected chi connectivity index (χ2v) is 7.22. The van der Waals surface area contributed by atoms with Gasteiger partial charge in [0.05, 0.1) is 28.7 Å². The number of H-pyrrole nitrogens is 1. The summed E-state index contributed by atoms with van der Waals surface area (Å²) in [5.41, 5.74) is -0.515. The Hall–Kier alpha value is -2.91. The van der Waals surface area contributed by atoms with E-state index in [0.717, 1.165) is 0 Å². The van der Waals surface area contributed by atoms with Crippen molar-refractivity contribution in [1.29, 1.82) is 0 Å². The highest BCUT2D eigenvalue weighted by Gasteiger charge is 2.19. The number of esters is 1. The maximum atomic E-state index is 12.6. The molecular weight excluding hydrogens is 466 g/mol. The first-order valence-corrected chi connectivity index (χ1v) is 9.51. The Morgan fingerprint density at radius 3 is 2.76 bits per heavy atom. The van der Waals surface area contributed by atoms with Crippen molar-refractivity contribution in [3.63, 3.8) is 0 Å². The van der Waals surface area contributed by atoms with E-state index >= 15 is 0 Å². The van der Waals surface area contributed by atoms with Crippen molar-refractivity contribution >= 4 is 50.6 Å². The van der Waals surface area contributed by atoms with E-state index in [9.17, 15) is 14.4 Å². The summed E-state index contributed by atoms with van der Waals surface area (Å²) in [6.07, 6.45) is 0.345. The molecule has 3 rings (SSSR count). The van der Waals surface area contributed by atoms with Crippen LogP contribution >= 0.6 is 27.5 Å². The standard InChI is InChI=1S/C19H15BrClN3O5/c1-10(18(26)28-2)29-16-11(7-12(21)8-14(16)20)9-22-24-17(25)13-5-3-4-6-15(13)23-19(24)27/h3-10H,1-2H3,(H,23,27)/t10-/m0/s1. The molecule has 150 valence electrons. The van der Waals surface area contributed by atoms with Crippen molar-refractivity contribution in [1.82, 2.24) is 9.66 Å². The Morgan fingerprint density at radius 2 is 2.03 bits per heavy atom. The van der Waals surface area contributed by atoms with Gasteiger partial charge in [0.25, 0.3) is 5.56 Å². The Morgan fingerprint density at radius 1 is 1.31 bits per heavy atom. The molecule has 0 fully saturated rings. The zero-order valence-electron chi connectivity index (χ0n) is 15.3. The van der Waals surface area contributed by atoms with Crippen molar-refractivity contribution in [2.45, 2.75) is 13.0 Å². The van der Waals surface area contributed by atoms with Crippen molar-refractivity contribution in [3.8, 4) is 5.75 Å². The third kappa shape index (κ3) is 4.41. The number of hydrogen-bond donors (Lipinski definition) is 1. The number of aromatic amines is 1. The van der Waals surface area contributed by atoms with Crippen LogP contribution in [0.15, 0.2) is 55.6 Å². The molecule has 2 aromatic carbocycles. The van der Waals surface area contributed by atoms with Crippen LogP contribution < -0.4 is 16.0 Å². The fourth-order valence-electron chi connectivity index (χ4n) is 2.57. The summed E-state index contributed by atoms with van der Waals surface area (Å²) in [5.74, 6) is -0.321. The highest BCUT2D eigenvalue weighted by atomic mass is 79.9. The molecule has 1 heterocycles. The van der Waals surface area contributed by atoms with Gasteiger partial charge in [0.15, 0.2) is 6.10 Å². The number of rotatable bonds is 5. The fourth-order valence-corrected chi connectivity index (χ4v) is 3.50. The number of nitrogens with zero attached hydrogens (tertiary/aromatic N) is 2. The average Bonchev–Trinajstić information content (AvgIpc) is 2.69. The molecule has 0 aliphatic heterocycles. The number of benzene rings is 2. The van der Waals surface area contributed by atoms with Crippen LogP contribution in [-0.4, -0.2) is 35.1 Å². The van der Waals surface area contributed by atoms with Gasteiger partial charge in [-0.3, -0.25) is 4.79 Å². The predicted molar refractivity (Wildman–Crippen MR) is 113 cm³/mol. The second-order valence-electron chi connectivity index (χ2n) is 5.93. The molecular formula is C19H15BrClN3O5. The lowest BCUT2D eigenvalue weighted by Crippen LogP contribution is -2.32. The average molecular weight is 481 g/mol. The number of fused-ring (bicyclic) bond motifs is 1. The summed E-state index contributed by atoms with van der Waals surface area (Å²) in [5, 5.41) is 4.67. The lowest BCUT2D eigenvalue weighted by molar-refractivity contribution is -0.147. The number of ether oxygens (including phenoxy) is 2. The van der Waals surface area contributed by atoms with E-state index in [1.165, 1.54) is 26.3 Å². The first kappa shape index (κ1) is 20.8. The van der Waals surface area contributed by atoms with E-state index in [1.54, 1.807) is 30.3 Å². The third-order valence-electron chi connectivity index (χ3n) is 3.96. The fraction of sp³-hybridized carbons (Fsp3) is 0.158. The molecule has 29 heavy (non-hydrogen) atoms. The van der Waals surface area contributed by atoms with E-state index in [4.69, 9.17) is 16.3 Å². The molecule has 0 radical (unpaired) electrons. The molecule has 10 heteroatoms. The Labute approximate surface area is 177 Å². The van der Waals surface area contributed by atoms with Crippen LogP contribution in [0.3, 0.4) is 0 Å². The van der Waals surface area contributed by atoms with Crippen LogP contribution in [0.25, 0.3) is 10.9 Å². The molecule has 0 aliphatic rings. The highest BCUT2D eigenvalue weighted by Crippen LogP contribution is 2.32. The predicted octanol–water partition coefficient (Wildman–Crippen LogP) is 2.93. The summed E-state index contributed by atoms with van der Waals surface area (Å²) in [7, 11) is 1.25. The van der Waals surface area contributed by atoms with Crippen molar-refractivity contribution in [2.24, 2.45) is 5.10 Å². The molecule has 1 N–H and O–H groups in total. The van der Waals surface area contributed by atoms with E-state index in [1.807, 2.05) is 0 Å². The molecule has 0 aliphatic carbocycles. The topological polar surface area (TPSA) is 103 Å². The van der Waals surface area contributed by atoms with Crippen LogP contribution in [0.5, 0.6) is 5.75 Å². The molecule has 1 atom stereocenters. The van der Waals surface area contributed by atoms with E-state index in [2.05, 4.69) is 30.8 Å². The minimum Gasteiger partial charge on any atom is -0.477 e. The molecule has 0 amide bonds. The van der Waals surface area contributed by atoms with Crippen LogP contribution in [0.1, 0.15) is 12.5 Å². The van der Waals surface area contributed by atoms with Crippen molar-refractivity contribution in [2.75, 3.05) is 7.11 Å². The second kappa shape index (κ2) is 8.62. The summed E-state index contributed by atoms with van der Waals surface area (Å²) in [6.45, 7) is 1.52. The summed E-state index contributed by atoms with van der Waals surface area (Å²) in [6, 6.07) is 9.70. The number of aromatic nitrogens is 2. The Kier molecular flexibility index (Phi) is 6.19. The molecule has 0 unspecified atom stereocenters. The molecule has 0 saturated heterocycles. The van der Waals surface area contributed by atoms with Gasteiger partial charge >= 0.3 is 11.7 Å². The minimum atomic E-state index is -0.906. The van der Waals surface area contributed by atoms with Crippen LogP contribution in [-0.2, 0) is 9.53 Å². The quantitative estimate of drug-likeness (QED) is 0.447. The van der Waals surface area contributed by atoms with Gasteiger partial charge in [-0.2, -0.15) is 5.10 Å². The molecule has 0 spiro atoms. The third-order valence-corrected chi connectivity index (χ3v) is 4.77. The number of halogens is 2. The number of carbonyl (C=O) groups is 1. The van der Waals surface area contributed by atoms with Gasteiger partial charge in [-0.05, 0) is 47.1 Å². The zero-order chi connectivity index (χ0) is 21.1. The number of nitrogens with one attached hydrogen (secondary N) is 1. The van der Waals surface area contributed by atoms with Gasteiger partial charge in [0.2, 0.25) is 0 Å². The maximum absolute atomic E-state index is 12.6. The number of para-hydroxylation sites is 1. The Bertz CT molecular complexity index is 1230. The summed E-state index contributed by atoms with van der Waals surface area (Å²) in [4.78, 5) is 39.1. The molecule has 8 nitrogen and oxygen atoms in total. The Balaban J connectivity index is 2.08. The lowest BCUT2D eigenvalue weighted by Gasteiger charge is -2.16. The van der Waals surface area contributed by atoms with Gasteiger partial charge in [-0.15, -0.1) is 4.68 Å². The number of methoxy groups -OCH3 is 1. The lowest BCUT2D eigenvalue weighted by atomic mass is 10.2. The maximum Gasteiger partial charge on any atom is 0.349 e. The van der Waals surface area contributed by atoms with Crippen LogP contribution in [0.4, 0.5) is 0 Å². The van der Waals surface area contributed by atoms with Gasteiger partial charge in [0.1, 0.15) is 5.75 Å². The van der Waals surface area contributed by atoms with Gasteiger partial charge < -0.3 is 14.5 Å². The first-order valence-electron chi connectivity index (χ1n) is 8.33. The molecule has 0 saturated carbocycles. The normalized spacial score (nSPS) is 12.3. The molecule has 0 bridgehead atoms. The highest BCUT2D eigenvalue weighted by molar-refractivity contribution is 9.10. The van der Waals surface area contributed by atoms with Crippen molar-refractivity contribution < 1.29 is 14.3 Å². The van der Waals surface area contributed by atoms with Crippen LogP contribution in [0.2, 0.25) is 5.02 Å². The monoisotopic (exact) mass is 479 g/mol. The molecule has 3 aromatic rings. The van der Waals surface area contributed by atoms with E-state index in [-0.39, 0.29) is 5.75 Å². The van der Waals surface area contributed by atoms with Gasteiger partial charge in [-0.1, -0.05) is 23.7 Å². The van der Waals surface area contributed by atoms with E-state index in [0.29, 0.717) is 30.6 Å². The number of hydrogen-bond acceptors (Lipinski definition) is 6. The van der Waals surface area contributed by atoms with Crippen molar-refractivity contribution in [3.05, 3.63) is 72.3 Å². The molecule has 1 aromatic heterocycles. The SMILES string of the molecule is COC(=O)[C@H](C)Oc1c(Br)cc(Cl)cc1C=Nn1c(=O)[nH]c2ccccc2c1=O. The van der Waals surface area contributed by atoms with Gasteiger partial charge in [0, 0.05) is 10.6 Å².